The normalized spacial score (nSPS) is 14.0. The van der Waals surface area contributed by atoms with Gasteiger partial charge in [-0.25, -0.2) is 0 Å². The topological polar surface area (TPSA) is 12.9 Å². The molecule has 0 amide bonds. The molecular weight excluding hydrogens is 339 g/mol. The molecule has 2 aromatic carbocycles. The van der Waals surface area contributed by atoms with E-state index >= 15 is 0 Å². The van der Waals surface area contributed by atoms with Gasteiger partial charge in [0, 0.05) is 0 Å². The molecule has 0 bridgehead atoms. The van der Waals surface area contributed by atoms with Crippen molar-refractivity contribution in [2.75, 3.05) is 0 Å². The molecule has 3 rings (SSSR count). The van der Waals surface area contributed by atoms with Crippen LogP contribution in [0.3, 0.4) is 0 Å². The van der Waals surface area contributed by atoms with Gasteiger partial charge < -0.3 is 0 Å². The van der Waals surface area contributed by atoms with Crippen molar-refractivity contribution in [3.63, 3.8) is 0 Å². The van der Waals surface area contributed by atoms with Gasteiger partial charge in [0.1, 0.15) is 0 Å². The Balaban J connectivity index is 2.10. The zero-order valence-corrected chi connectivity index (χ0v) is 15.9. The quantitative estimate of drug-likeness (QED) is 0.577. The van der Waals surface area contributed by atoms with Gasteiger partial charge in [0.05, 0.1) is 0 Å². The van der Waals surface area contributed by atoms with Gasteiger partial charge in [-0.1, -0.05) is 0 Å². The van der Waals surface area contributed by atoms with Gasteiger partial charge in [0.25, 0.3) is 0 Å². The minimum absolute atomic E-state index is 0.353. The summed E-state index contributed by atoms with van der Waals surface area (Å²) in [6, 6.07) is 19.6. The van der Waals surface area contributed by atoms with E-state index < -0.39 is 20.1 Å². The van der Waals surface area contributed by atoms with Crippen LogP contribution < -0.4 is 4.40 Å². The number of aryl methyl sites for hydroxylation is 1. The summed E-state index contributed by atoms with van der Waals surface area (Å²) in [7, 11) is 0. The summed E-state index contributed by atoms with van der Waals surface area (Å²) >= 11 is -2.09. The second-order valence-corrected chi connectivity index (χ2v) is 17.4. The average Bonchev–Trinajstić information content (AvgIpc) is 2.60. The van der Waals surface area contributed by atoms with Gasteiger partial charge >= 0.3 is 146 Å². The van der Waals surface area contributed by atoms with E-state index in [0.717, 1.165) is 11.3 Å². The molecule has 0 radical (unpaired) electrons. The van der Waals surface area contributed by atoms with Gasteiger partial charge in [0.2, 0.25) is 0 Å². The summed E-state index contributed by atoms with van der Waals surface area (Å²) < 4.78 is 23.9. The van der Waals surface area contributed by atoms with E-state index in [1.807, 2.05) is 24.4 Å². The first-order valence-corrected chi connectivity index (χ1v) is 15.2. The zero-order chi connectivity index (χ0) is 18.9. The first-order valence-electron chi connectivity index (χ1n) is 9.33. The second kappa shape index (κ2) is 6.33. The Morgan fingerprint density at radius 3 is 2.17 bits per heavy atom. The van der Waals surface area contributed by atoms with Gasteiger partial charge in [-0.05, 0) is 0 Å². The predicted molar refractivity (Wildman–Crippen MR) is 103 cm³/mol. The van der Waals surface area contributed by atoms with Crippen LogP contribution in [-0.4, -0.2) is 18.3 Å². The standard InChI is InChI=1S/C21H23GeN/c1-16-10-12-18(13-11-16)21-14-19(17-8-6-5-7-9-17)20(15-23-21)22(2,3)4/h5-15H,1-4H3/i1D3. The van der Waals surface area contributed by atoms with E-state index in [1.54, 1.807) is 12.1 Å². The third kappa shape index (κ3) is 3.56. The maximum atomic E-state index is 7.52. The molecule has 0 atom stereocenters. The fraction of sp³-hybridized carbons (Fsp3) is 0.190. The number of aromatic nitrogens is 1. The Bertz CT molecular complexity index is 895. The van der Waals surface area contributed by atoms with Gasteiger partial charge in [-0.15, -0.1) is 0 Å². The fourth-order valence-corrected chi connectivity index (χ4v) is 5.81. The summed E-state index contributed by atoms with van der Waals surface area (Å²) in [5.74, 6) is 7.11. The van der Waals surface area contributed by atoms with Crippen molar-refractivity contribution in [2.45, 2.75) is 24.1 Å². The van der Waals surface area contributed by atoms with Gasteiger partial charge in [-0.3, -0.25) is 0 Å². The minimum atomic E-state index is -2.09. The zero-order valence-electron chi connectivity index (χ0n) is 16.8. The van der Waals surface area contributed by atoms with Crippen LogP contribution in [0, 0.1) is 6.85 Å². The number of hydrogen-bond acceptors (Lipinski definition) is 1. The first-order chi connectivity index (χ1) is 12.2. The molecule has 3 aromatic rings. The van der Waals surface area contributed by atoms with Crippen molar-refractivity contribution in [1.29, 1.82) is 0 Å². The Kier molecular flexibility index (Phi) is 3.45. The Morgan fingerprint density at radius 2 is 1.57 bits per heavy atom. The van der Waals surface area contributed by atoms with Crippen molar-refractivity contribution in [3.8, 4) is 22.4 Å². The SMILES string of the molecule is [2H]C([2H])([2H])c1ccc(-c2cc(-c3ccccc3)[c]([Ge]([CH3])([CH3])[CH3])cn2)cc1. The number of rotatable bonds is 3. The van der Waals surface area contributed by atoms with E-state index in [-0.39, 0.29) is 0 Å². The summed E-state index contributed by atoms with van der Waals surface area (Å²) in [5, 5.41) is 0. The van der Waals surface area contributed by atoms with Crippen molar-refractivity contribution in [2.24, 2.45) is 0 Å². The van der Waals surface area contributed by atoms with Crippen LogP contribution in [0.25, 0.3) is 22.4 Å². The molecule has 0 fully saturated rings. The van der Waals surface area contributed by atoms with E-state index in [9.17, 15) is 0 Å². The molecule has 2 heteroatoms. The fourth-order valence-electron chi connectivity index (χ4n) is 2.71. The third-order valence-electron chi connectivity index (χ3n) is 3.98. The van der Waals surface area contributed by atoms with Crippen LogP contribution in [0.5, 0.6) is 0 Å². The molecule has 0 aliphatic rings. The number of hydrogen-bond donors (Lipinski definition) is 0. The number of benzene rings is 2. The maximum absolute atomic E-state index is 7.52. The van der Waals surface area contributed by atoms with Gasteiger partial charge in [-0.2, -0.15) is 0 Å². The van der Waals surface area contributed by atoms with E-state index in [0.29, 0.717) is 5.56 Å². The predicted octanol–water partition coefficient (Wildman–Crippen LogP) is 5.27. The van der Waals surface area contributed by atoms with Crippen molar-refractivity contribution in [3.05, 3.63) is 72.4 Å². The van der Waals surface area contributed by atoms with Crippen LogP contribution in [0.4, 0.5) is 0 Å². The molecular formula is C21H23GeN. The number of nitrogens with zero attached hydrogens (tertiary/aromatic N) is 1. The molecule has 0 aliphatic heterocycles. The molecule has 1 heterocycles. The van der Waals surface area contributed by atoms with E-state index in [2.05, 4.69) is 47.6 Å². The molecule has 0 aliphatic carbocycles. The Labute approximate surface area is 146 Å². The molecule has 0 N–H and O–H groups in total. The molecule has 1 nitrogen and oxygen atoms in total. The summed E-state index contributed by atoms with van der Waals surface area (Å²) in [6.07, 6.45) is 2.02. The summed E-state index contributed by atoms with van der Waals surface area (Å²) in [6.45, 7) is -2.08. The van der Waals surface area contributed by atoms with Crippen LogP contribution in [0.2, 0.25) is 17.3 Å². The van der Waals surface area contributed by atoms with Gasteiger partial charge in [0.15, 0.2) is 0 Å². The molecule has 1 aromatic heterocycles. The second-order valence-electron chi connectivity index (χ2n) is 6.81. The van der Waals surface area contributed by atoms with Crippen LogP contribution in [0.15, 0.2) is 66.9 Å². The summed E-state index contributed by atoms with van der Waals surface area (Å²) in [5.41, 5.74) is 4.60. The van der Waals surface area contributed by atoms with Crippen LogP contribution in [0.1, 0.15) is 9.68 Å². The molecule has 0 saturated heterocycles. The van der Waals surface area contributed by atoms with Crippen LogP contribution in [-0.2, 0) is 0 Å². The molecule has 116 valence electrons. The van der Waals surface area contributed by atoms with Crippen molar-refractivity contribution in [1.82, 2.24) is 4.98 Å². The van der Waals surface area contributed by atoms with Crippen LogP contribution >= 0.6 is 0 Å². The van der Waals surface area contributed by atoms with Crippen molar-refractivity contribution < 1.29 is 4.11 Å². The van der Waals surface area contributed by atoms with E-state index in [4.69, 9.17) is 9.10 Å². The van der Waals surface area contributed by atoms with E-state index in [1.165, 1.54) is 15.5 Å². The molecule has 0 unspecified atom stereocenters. The Hall–Kier alpha value is -1.87. The summed E-state index contributed by atoms with van der Waals surface area (Å²) in [4.78, 5) is 4.70. The molecule has 23 heavy (non-hydrogen) atoms. The average molecular weight is 365 g/mol. The van der Waals surface area contributed by atoms with Crippen molar-refractivity contribution >= 4 is 17.7 Å². The monoisotopic (exact) mass is 366 g/mol. The number of pyridine rings is 1. The first kappa shape index (κ1) is 12.5. The third-order valence-corrected chi connectivity index (χ3v) is 8.20. The molecule has 0 spiro atoms. The molecule has 0 saturated carbocycles. The Morgan fingerprint density at radius 1 is 0.870 bits per heavy atom.